The molecule has 0 aliphatic carbocycles. The van der Waals surface area contributed by atoms with Crippen LogP contribution < -0.4 is 0 Å². The largest absolute Gasteiger partial charge is 0.469 e. The number of carbonyl (C=O) groups excluding carboxylic acids is 1. The Morgan fingerprint density at radius 3 is 2.88 bits per heavy atom. The lowest BCUT2D eigenvalue weighted by atomic mass is 10.2. The van der Waals surface area contributed by atoms with Gasteiger partial charge in [-0.15, -0.1) is 11.8 Å². The number of thioether (sulfide) groups is 1. The molecule has 0 N–H and O–H groups in total. The first kappa shape index (κ1) is 14.4. The first-order valence-electron chi connectivity index (χ1n) is 5.67. The minimum absolute atomic E-state index is 0.118. The van der Waals surface area contributed by atoms with Crippen molar-refractivity contribution in [3.05, 3.63) is 29.3 Å². The number of esters is 1. The normalized spacial score (nSPS) is 10.2. The molecule has 1 rings (SSSR count). The van der Waals surface area contributed by atoms with Crippen LogP contribution in [0, 0.1) is 0 Å². The van der Waals surface area contributed by atoms with E-state index >= 15 is 0 Å². The van der Waals surface area contributed by atoms with E-state index in [1.54, 1.807) is 11.8 Å². The third kappa shape index (κ3) is 6.59. The number of hydrogen-bond acceptors (Lipinski definition) is 3. The summed E-state index contributed by atoms with van der Waals surface area (Å²) in [6.45, 7) is 0. The van der Waals surface area contributed by atoms with E-state index in [2.05, 4.69) is 10.8 Å². The molecule has 4 heteroatoms. The zero-order chi connectivity index (χ0) is 12.5. The quantitative estimate of drug-likeness (QED) is 0.423. The van der Waals surface area contributed by atoms with Crippen LogP contribution in [0.3, 0.4) is 0 Å². The van der Waals surface area contributed by atoms with Gasteiger partial charge in [0.15, 0.2) is 0 Å². The standard InChI is InChI=1S/C13H17ClO2S/c1-16-13(15)8-3-2-4-9-17-12-7-5-6-11(14)10-12/h5-7,10H,2-4,8-9H2,1H3. The van der Waals surface area contributed by atoms with Crippen LogP contribution in [0.2, 0.25) is 5.02 Å². The zero-order valence-electron chi connectivity index (χ0n) is 9.95. The molecule has 0 fully saturated rings. The maximum atomic E-state index is 10.9. The van der Waals surface area contributed by atoms with Crippen LogP contribution in [0.5, 0.6) is 0 Å². The van der Waals surface area contributed by atoms with Crippen molar-refractivity contribution in [3.63, 3.8) is 0 Å². The monoisotopic (exact) mass is 272 g/mol. The van der Waals surface area contributed by atoms with Gasteiger partial charge in [-0.1, -0.05) is 24.1 Å². The summed E-state index contributed by atoms with van der Waals surface area (Å²) in [6, 6.07) is 7.87. The molecule has 0 aromatic heterocycles. The van der Waals surface area contributed by atoms with Gasteiger partial charge in [0.25, 0.3) is 0 Å². The van der Waals surface area contributed by atoms with Crippen LogP contribution in [-0.4, -0.2) is 18.8 Å². The third-order valence-electron chi connectivity index (χ3n) is 2.32. The summed E-state index contributed by atoms with van der Waals surface area (Å²) >= 11 is 7.69. The molecule has 0 atom stereocenters. The maximum absolute atomic E-state index is 10.9. The summed E-state index contributed by atoms with van der Waals surface area (Å²) in [7, 11) is 1.43. The van der Waals surface area contributed by atoms with E-state index < -0.39 is 0 Å². The van der Waals surface area contributed by atoms with E-state index in [9.17, 15) is 4.79 Å². The molecule has 94 valence electrons. The highest BCUT2D eigenvalue weighted by molar-refractivity contribution is 7.99. The molecule has 2 nitrogen and oxygen atoms in total. The van der Waals surface area contributed by atoms with E-state index in [0.29, 0.717) is 6.42 Å². The van der Waals surface area contributed by atoms with E-state index in [0.717, 1.165) is 30.0 Å². The molecular formula is C13H17ClO2S. The van der Waals surface area contributed by atoms with Crippen LogP contribution in [0.4, 0.5) is 0 Å². The van der Waals surface area contributed by atoms with Gasteiger partial charge < -0.3 is 4.74 Å². The Morgan fingerprint density at radius 1 is 1.35 bits per heavy atom. The molecule has 1 aromatic rings. The Kier molecular flexibility index (Phi) is 7.13. The second-order valence-electron chi connectivity index (χ2n) is 3.69. The topological polar surface area (TPSA) is 26.3 Å². The highest BCUT2D eigenvalue weighted by atomic mass is 35.5. The summed E-state index contributed by atoms with van der Waals surface area (Å²) in [5, 5.41) is 0.778. The molecule has 0 unspecified atom stereocenters. The van der Waals surface area contributed by atoms with Crippen LogP contribution in [0.25, 0.3) is 0 Å². The van der Waals surface area contributed by atoms with Gasteiger partial charge in [-0.3, -0.25) is 4.79 Å². The lowest BCUT2D eigenvalue weighted by Gasteiger charge is -2.02. The minimum atomic E-state index is -0.118. The molecule has 1 aromatic carbocycles. The Balaban J connectivity index is 2.06. The second-order valence-corrected chi connectivity index (χ2v) is 5.30. The molecular weight excluding hydrogens is 256 g/mol. The van der Waals surface area contributed by atoms with Gasteiger partial charge in [0, 0.05) is 16.3 Å². The summed E-state index contributed by atoms with van der Waals surface area (Å²) < 4.78 is 4.58. The number of ether oxygens (including phenoxy) is 1. The first-order valence-corrected chi connectivity index (χ1v) is 7.04. The number of benzene rings is 1. The fraction of sp³-hybridized carbons (Fsp3) is 0.462. The highest BCUT2D eigenvalue weighted by Crippen LogP contribution is 2.22. The molecule has 0 saturated heterocycles. The van der Waals surface area contributed by atoms with Crippen molar-refractivity contribution in [2.75, 3.05) is 12.9 Å². The van der Waals surface area contributed by atoms with Crippen molar-refractivity contribution < 1.29 is 9.53 Å². The van der Waals surface area contributed by atoms with Gasteiger partial charge in [-0.25, -0.2) is 0 Å². The number of halogens is 1. The third-order valence-corrected chi connectivity index (χ3v) is 3.63. The summed E-state index contributed by atoms with van der Waals surface area (Å²) in [5.41, 5.74) is 0. The van der Waals surface area contributed by atoms with Gasteiger partial charge in [0.2, 0.25) is 0 Å². The fourth-order valence-electron chi connectivity index (χ4n) is 1.40. The average molecular weight is 273 g/mol. The smallest absolute Gasteiger partial charge is 0.305 e. The van der Waals surface area contributed by atoms with Crippen molar-refractivity contribution in [1.29, 1.82) is 0 Å². The average Bonchev–Trinajstić information content (AvgIpc) is 2.33. The van der Waals surface area contributed by atoms with Gasteiger partial charge in [-0.2, -0.15) is 0 Å². The molecule has 0 radical (unpaired) electrons. The number of rotatable bonds is 7. The van der Waals surface area contributed by atoms with Crippen molar-refractivity contribution in [1.82, 2.24) is 0 Å². The molecule has 0 aliphatic heterocycles. The van der Waals surface area contributed by atoms with Gasteiger partial charge in [0.1, 0.15) is 0 Å². The molecule has 0 heterocycles. The number of hydrogen-bond donors (Lipinski definition) is 0. The number of unbranched alkanes of at least 4 members (excludes halogenated alkanes) is 2. The highest BCUT2D eigenvalue weighted by Gasteiger charge is 1.99. The van der Waals surface area contributed by atoms with E-state index in [-0.39, 0.29) is 5.97 Å². The molecule has 0 amide bonds. The number of methoxy groups -OCH3 is 1. The van der Waals surface area contributed by atoms with Crippen molar-refractivity contribution in [2.45, 2.75) is 30.6 Å². The van der Waals surface area contributed by atoms with Crippen LogP contribution in [0.15, 0.2) is 29.2 Å². The summed E-state index contributed by atoms with van der Waals surface area (Å²) in [5.74, 6) is 0.939. The Bertz CT molecular complexity index is 355. The minimum Gasteiger partial charge on any atom is -0.469 e. The SMILES string of the molecule is COC(=O)CCCCCSc1cccc(Cl)c1. The van der Waals surface area contributed by atoms with Gasteiger partial charge in [0.05, 0.1) is 7.11 Å². The van der Waals surface area contributed by atoms with Crippen molar-refractivity contribution in [3.8, 4) is 0 Å². The summed E-state index contributed by atoms with van der Waals surface area (Å²) in [6.07, 6.45) is 3.60. The zero-order valence-corrected chi connectivity index (χ0v) is 11.5. The lowest BCUT2D eigenvalue weighted by Crippen LogP contribution is -1.99. The fourth-order valence-corrected chi connectivity index (χ4v) is 2.62. The maximum Gasteiger partial charge on any atom is 0.305 e. The lowest BCUT2D eigenvalue weighted by molar-refractivity contribution is -0.140. The predicted molar refractivity (Wildman–Crippen MR) is 72.7 cm³/mol. The molecule has 0 saturated carbocycles. The summed E-state index contributed by atoms with van der Waals surface area (Å²) in [4.78, 5) is 12.1. The van der Waals surface area contributed by atoms with E-state index in [1.165, 1.54) is 12.0 Å². The van der Waals surface area contributed by atoms with E-state index in [4.69, 9.17) is 11.6 Å². The molecule has 17 heavy (non-hydrogen) atoms. The Morgan fingerprint density at radius 2 is 2.18 bits per heavy atom. The second kappa shape index (κ2) is 8.43. The Hall–Kier alpha value is -0.670. The van der Waals surface area contributed by atoms with Crippen LogP contribution >= 0.6 is 23.4 Å². The van der Waals surface area contributed by atoms with Gasteiger partial charge in [-0.05, 0) is 36.8 Å². The predicted octanol–water partition coefficient (Wildman–Crippen LogP) is 4.17. The van der Waals surface area contributed by atoms with E-state index in [1.807, 2.05) is 18.2 Å². The van der Waals surface area contributed by atoms with Gasteiger partial charge >= 0.3 is 5.97 Å². The molecule has 0 bridgehead atoms. The van der Waals surface area contributed by atoms with Crippen LogP contribution in [-0.2, 0) is 9.53 Å². The first-order chi connectivity index (χ1) is 8.22. The molecule has 0 aliphatic rings. The Labute approximate surface area is 112 Å². The molecule has 0 spiro atoms. The van der Waals surface area contributed by atoms with Crippen molar-refractivity contribution >= 4 is 29.3 Å². The number of carbonyl (C=O) groups is 1. The van der Waals surface area contributed by atoms with Crippen molar-refractivity contribution in [2.24, 2.45) is 0 Å². The van der Waals surface area contributed by atoms with Crippen LogP contribution in [0.1, 0.15) is 25.7 Å².